The highest BCUT2D eigenvalue weighted by Crippen LogP contribution is 2.45. The molecule has 0 spiro atoms. The zero-order valence-electron chi connectivity index (χ0n) is 16.7. The molecule has 0 N–H and O–H groups in total. The van der Waals surface area contributed by atoms with Gasteiger partial charge in [-0.25, -0.2) is 8.42 Å². The van der Waals surface area contributed by atoms with Crippen LogP contribution in [0.3, 0.4) is 0 Å². The van der Waals surface area contributed by atoms with Crippen molar-refractivity contribution in [2.24, 2.45) is 0 Å². The van der Waals surface area contributed by atoms with Crippen molar-refractivity contribution in [3.63, 3.8) is 0 Å². The Kier molecular flexibility index (Phi) is 5.71. The van der Waals surface area contributed by atoms with Crippen molar-refractivity contribution < 1.29 is 17.9 Å². The van der Waals surface area contributed by atoms with E-state index >= 15 is 0 Å². The number of rotatable bonds is 5. The van der Waals surface area contributed by atoms with Crippen LogP contribution in [0.5, 0.6) is 5.75 Å². The first kappa shape index (κ1) is 20.4. The van der Waals surface area contributed by atoms with Crippen LogP contribution in [0.25, 0.3) is 0 Å². The van der Waals surface area contributed by atoms with Gasteiger partial charge < -0.3 is 9.64 Å². The predicted octanol–water partition coefficient (Wildman–Crippen LogP) is 4.03. The van der Waals surface area contributed by atoms with Crippen LogP contribution in [0.15, 0.2) is 46.7 Å². The summed E-state index contributed by atoms with van der Waals surface area (Å²) in [5.41, 5.74) is -0.393. The lowest BCUT2D eigenvalue weighted by Gasteiger charge is -2.38. The molecule has 0 radical (unpaired) electrons. The van der Waals surface area contributed by atoms with Crippen LogP contribution in [-0.4, -0.2) is 44.7 Å². The minimum Gasteiger partial charge on any atom is -0.497 e. The summed E-state index contributed by atoms with van der Waals surface area (Å²) in [6.07, 6.45) is 4.92. The van der Waals surface area contributed by atoms with Gasteiger partial charge in [0, 0.05) is 18.0 Å². The van der Waals surface area contributed by atoms with Gasteiger partial charge in [0.25, 0.3) is 0 Å². The number of amides is 1. The van der Waals surface area contributed by atoms with Gasteiger partial charge in [-0.1, -0.05) is 18.9 Å². The second-order valence-electron chi connectivity index (χ2n) is 7.98. The molecule has 156 valence electrons. The average Bonchev–Trinajstić information content (AvgIpc) is 3.46. The third kappa shape index (κ3) is 3.70. The van der Waals surface area contributed by atoms with Crippen LogP contribution in [0.1, 0.15) is 43.4 Å². The zero-order chi connectivity index (χ0) is 20.5. The summed E-state index contributed by atoms with van der Waals surface area (Å²) in [6, 6.07) is 10.7. The van der Waals surface area contributed by atoms with Gasteiger partial charge in [0.1, 0.15) is 5.75 Å². The van der Waals surface area contributed by atoms with E-state index < -0.39 is 20.5 Å². The van der Waals surface area contributed by atoms with Gasteiger partial charge in [0.05, 0.1) is 22.7 Å². The van der Waals surface area contributed by atoms with E-state index in [0.717, 1.165) is 30.6 Å². The number of sulfone groups is 1. The molecule has 2 fully saturated rings. The molecule has 2 aliphatic rings. The number of methoxy groups -OCH3 is 1. The zero-order valence-corrected chi connectivity index (χ0v) is 18.3. The number of nitrogens with zero attached hydrogens (tertiary/aromatic N) is 1. The highest BCUT2D eigenvalue weighted by Gasteiger charge is 2.46. The summed E-state index contributed by atoms with van der Waals surface area (Å²) in [7, 11) is -1.85. The lowest BCUT2D eigenvalue weighted by atomic mass is 9.82. The van der Waals surface area contributed by atoms with Crippen molar-refractivity contribution in [1.29, 1.82) is 0 Å². The molecule has 2 heterocycles. The van der Waals surface area contributed by atoms with E-state index in [4.69, 9.17) is 4.74 Å². The fourth-order valence-corrected chi connectivity index (χ4v) is 7.43. The summed E-state index contributed by atoms with van der Waals surface area (Å²) in [6.45, 7) is 1.01. The first-order valence-corrected chi connectivity index (χ1v) is 12.6. The summed E-state index contributed by atoms with van der Waals surface area (Å²) >= 11 is 1.66. The minimum atomic E-state index is -3.41. The van der Waals surface area contributed by atoms with Crippen LogP contribution < -0.4 is 4.74 Å². The monoisotopic (exact) mass is 433 g/mol. The van der Waals surface area contributed by atoms with E-state index in [-0.39, 0.29) is 5.91 Å². The first-order chi connectivity index (χ1) is 14.0. The molecule has 5 nitrogen and oxygen atoms in total. The Morgan fingerprint density at radius 2 is 1.76 bits per heavy atom. The van der Waals surface area contributed by atoms with Crippen LogP contribution in [0, 0.1) is 0 Å². The fraction of sp³-hybridized carbons (Fsp3) is 0.500. The van der Waals surface area contributed by atoms with Crippen molar-refractivity contribution in [1.82, 2.24) is 4.90 Å². The van der Waals surface area contributed by atoms with Crippen LogP contribution >= 0.6 is 11.3 Å². The molecular formula is C22H27NO4S2. The number of likely N-dealkylation sites (tertiary alicyclic amines) is 1. The number of thiophene rings is 1. The molecule has 1 amide bonds. The molecule has 1 aromatic carbocycles. The lowest BCUT2D eigenvalue weighted by Crippen LogP contribution is -2.50. The van der Waals surface area contributed by atoms with Gasteiger partial charge in [-0.15, -0.1) is 11.3 Å². The SMILES string of the molecule is COc1ccc(S(=O)(=O)C2CCN(C(=O)C3(c4cccs4)CCCC3)CC2)cc1. The highest BCUT2D eigenvalue weighted by atomic mass is 32.2. The second kappa shape index (κ2) is 8.11. The van der Waals surface area contributed by atoms with Crippen molar-refractivity contribution in [3.8, 4) is 5.75 Å². The third-order valence-corrected chi connectivity index (χ3v) is 9.77. The summed E-state index contributed by atoms with van der Waals surface area (Å²) in [5, 5.41) is 1.59. The number of hydrogen-bond donors (Lipinski definition) is 0. The topological polar surface area (TPSA) is 63.7 Å². The van der Waals surface area contributed by atoms with Crippen molar-refractivity contribution in [2.75, 3.05) is 20.2 Å². The van der Waals surface area contributed by atoms with Gasteiger partial charge in [-0.05, 0) is 61.4 Å². The van der Waals surface area contributed by atoms with Gasteiger partial charge in [-0.2, -0.15) is 0 Å². The van der Waals surface area contributed by atoms with Gasteiger partial charge in [0.2, 0.25) is 5.91 Å². The quantitative estimate of drug-likeness (QED) is 0.714. The minimum absolute atomic E-state index is 0.192. The molecule has 0 unspecified atom stereocenters. The molecule has 1 saturated carbocycles. The lowest BCUT2D eigenvalue weighted by molar-refractivity contribution is -0.138. The molecule has 29 heavy (non-hydrogen) atoms. The van der Waals surface area contributed by atoms with E-state index in [1.54, 1.807) is 42.7 Å². The Morgan fingerprint density at radius 3 is 2.31 bits per heavy atom. The molecule has 7 heteroatoms. The molecular weight excluding hydrogens is 406 g/mol. The smallest absolute Gasteiger partial charge is 0.234 e. The van der Waals surface area contributed by atoms with E-state index in [1.165, 1.54) is 0 Å². The summed E-state index contributed by atoms with van der Waals surface area (Å²) < 4.78 is 31.2. The van der Waals surface area contributed by atoms with Gasteiger partial charge in [0.15, 0.2) is 9.84 Å². The predicted molar refractivity (Wildman–Crippen MR) is 114 cm³/mol. The molecule has 1 saturated heterocycles. The standard InChI is InChI=1S/C22H27NO4S2/c1-27-17-6-8-18(9-7-17)29(25,26)19-10-14-23(15-11-19)21(24)22(12-2-3-13-22)20-5-4-16-28-20/h4-9,16,19H,2-3,10-15H2,1H3. The Labute approximate surface area is 176 Å². The molecule has 0 atom stereocenters. The average molecular weight is 434 g/mol. The largest absolute Gasteiger partial charge is 0.497 e. The Hall–Kier alpha value is -1.86. The summed E-state index contributed by atoms with van der Waals surface area (Å²) in [4.78, 5) is 16.9. The molecule has 4 rings (SSSR count). The van der Waals surface area contributed by atoms with Gasteiger partial charge in [-0.3, -0.25) is 4.79 Å². The summed E-state index contributed by atoms with van der Waals surface area (Å²) in [5.74, 6) is 0.831. The number of benzene rings is 1. The first-order valence-electron chi connectivity index (χ1n) is 10.2. The van der Waals surface area contributed by atoms with E-state index in [0.29, 0.717) is 36.6 Å². The Bertz CT molecular complexity index is 937. The van der Waals surface area contributed by atoms with Crippen molar-refractivity contribution in [2.45, 2.75) is 54.1 Å². The van der Waals surface area contributed by atoms with Crippen LogP contribution in [0.2, 0.25) is 0 Å². The second-order valence-corrected chi connectivity index (χ2v) is 11.2. The molecule has 2 aromatic rings. The number of carbonyl (C=O) groups is 1. The fourth-order valence-electron chi connectivity index (χ4n) is 4.72. The molecule has 1 aromatic heterocycles. The van der Waals surface area contributed by atoms with E-state index in [2.05, 4.69) is 6.07 Å². The van der Waals surface area contributed by atoms with Crippen molar-refractivity contribution >= 4 is 27.1 Å². The Morgan fingerprint density at radius 1 is 1.10 bits per heavy atom. The van der Waals surface area contributed by atoms with Gasteiger partial charge >= 0.3 is 0 Å². The van der Waals surface area contributed by atoms with E-state index in [9.17, 15) is 13.2 Å². The van der Waals surface area contributed by atoms with Crippen molar-refractivity contribution in [3.05, 3.63) is 46.7 Å². The van der Waals surface area contributed by atoms with Crippen LogP contribution in [-0.2, 0) is 20.0 Å². The normalized spacial score (nSPS) is 20.0. The maximum Gasteiger partial charge on any atom is 0.234 e. The number of hydrogen-bond acceptors (Lipinski definition) is 5. The third-order valence-electron chi connectivity index (χ3n) is 6.42. The van der Waals surface area contributed by atoms with E-state index in [1.807, 2.05) is 16.3 Å². The van der Waals surface area contributed by atoms with Crippen LogP contribution in [0.4, 0.5) is 0 Å². The highest BCUT2D eigenvalue weighted by molar-refractivity contribution is 7.92. The maximum absolute atomic E-state index is 13.5. The Balaban J connectivity index is 1.46. The molecule has 0 bridgehead atoms. The maximum atomic E-state index is 13.5. The number of carbonyl (C=O) groups excluding carboxylic acids is 1. The molecule has 1 aliphatic carbocycles. The molecule has 1 aliphatic heterocycles. The number of ether oxygens (including phenoxy) is 1. The number of piperidine rings is 1.